The molecule has 0 radical (unpaired) electrons. The number of benzene rings is 3. The second-order valence-corrected chi connectivity index (χ2v) is 6.97. The summed E-state index contributed by atoms with van der Waals surface area (Å²) in [6.07, 6.45) is 2.98. The molecule has 0 saturated heterocycles. The molecule has 0 aliphatic heterocycles. The number of carbonyl (C=O) groups excluding carboxylic acids is 1. The highest BCUT2D eigenvalue weighted by Gasteiger charge is 2.24. The van der Waals surface area contributed by atoms with Gasteiger partial charge >= 0.3 is 0 Å². The zero-order chi connectivity index (χ0) is 19.5. The maximum atomic E-state index is 12.6. The van der Waals surface area contributed by atoms with Crippen molar-refractivity contribution in [1.29, 1.82) is 0 Å². The lowest BCUT2D eigenvalue weighted by Gasteiger charge is -2.27. The molecule has 5 heteroatoms. The van der Waals surface area contributed by atoms with Crippen LogP contribution in [0.2, 0.25) is 0 Å². The predicted octanol–water partition coefficient (Wildman–Crippen LogP) is 5.32. The molecular weight excluding hydrogens is 352 g/mol. The molecule has 0 spiro atoms. The minimum atomic E-state index is -0.432. The smallest absolute Gasteiger partial charge is 0.293 e. The lowest BCUT2D eigenvalue weighted by Crippen LogP contribution is -2.18. The van der Waals surface area contributed by atoms with Crippen molar-refractivity contribution in [3.05, 3.63) is 105 Å². The van der Waals surface area contributed by atoms with Crippen molar-refractivity contribution in [1.82, 2.24) is 0 Å². The van der Waals surface area contributed by atoms with Gasteiger partial charge in [0, 0.05) is 17.2 Å². The molecule has 4 rings (SSSR count). The van der Waals surface area contributed by atoms with Gasteiger partial charge in [0.2, 0.25) is 0 Å². The summed E-state index contributed by atoms with van der Waals surface area (Å²) in [6, 6.07) is 21.7. The van der Waals surface area contributed by atoms with Crippen LogP contribution in [0.1, 0.15) is 45.9 Å². The first-order valence-electron chi connectivity index (χ1n) is 9.36. The monoisotopic (exact) mass is 372 g/mol. The van der Waals surface area contributed by atoms with Crippen LogP contribution < -0.4 is 5.32 Å². The number of rotatable bonds is 5. The summed E-state index contributed by atoms with van der Waals surface area (Å²) >= 11 is 0. The minimum Gasteiger partial charge on any atom is -0.373 e. The molecule has 0 bridgehead atoms. The molecule has 3 aromatic carbocycles. The van der Waals surface area contributed by atoms with Crippen LogP contribution in [-0.4, -0.2) is 10.7 Å². The van der Waals surface area contributed by atoms with Crippen LogP contribution in [0.25, 0.3) is 0 Å². The molecule has 1 N–H and O–H groups in total. The van der Waals surface area contributed by atoms with Gasteiger partial charge in [0.15, 0.2) is 5.78 Å². The first-order chi connectivity index (χ1) is 13.6. The van der Waals surface area contributed by atoms with Gasteiger partial charge in [0.05, 0.1) is 11.0 Å². The molecule has 1 aliphatic rings. The topological polar surface area (TPSA) is 72.2 Å². The zero-order valence-corrected chi connectivity index (χ0v) is 15.3. The molecule has 1 aliphatic carbocycles. The van der Waals surface area contributed by atoms with E-state index in [4.69, 9.17) is 0 Å². The number of nitrogens with zero attached hydrogens (tertiary/aromatic N) is 1. The molecule has 0 fully saturated rings. The summed E-state index contributed by atoms with van der Waals surface area (Å²) < 4.78 is 0. The molecule has 28 heavy (non-hydrogen) atoms. The van der Waals surface area contributed by atoms with E-state index in [1.165, 1.54) is 17.2 Å². The summed E-state index contributed by atoms with van der Waals surface area (Å²) in [5.74, 6) is -0.224. The summed E-state index contributed by atoms with van der Waals surface area (Å²) in [7, 11) is 0. The maximum absolute atomic E-state index is 12.6. The van der Waals surface area contributed by atoms with Crippen molar-refractivity contribution in [2.75, 3.05) is 5.32 Å². The molecule has 1 unspecified atom stereocenters. The van der Waals surface area contributed by atoms with Crippen LogP contribution in [-0.2, 0) is 6.42 Å². The standard InChI is InChI=1S/C23H20N2O3/c26-23(17-8-2-1-3-9-17)18-13-14-21(22(15-18)25(27)28)24-20-12-6-10-16-7-4-5-11-19(16)20/h1-5,7-9,11,13-15,20,24H,6,10,12H2. The summed E-state index contributed by atoms with van der Waals surface area (Å²) in [5, 5.41) is 15.0. The molecule has 5 nitrogen and oxygen atoms in total. The van der Waals surface area contributed by atoms with E-state index in [1.54, 1.807) is 36.4 Å². The van der Waals surface area contributed by atoms with Crippen molar-refractivity contribution in [3.8, 4) is 0 Å². The first-order valence-corrected chi connectivity index (χ1v) is 9.36. The van der Waals surface area contributed by atoms with Gasteiger partial charge in [-0.25, -0.2) is 0 Å². The van der Waals surface area contributed by atoms with Gasteiger partial charge in [-0.2, -0.15) is 0 Å². The third-order valence-corrected chi connectivity index (χ3v) is 5.19. The molecular formula is C23H20N2O3. The molecule has 140 valence electrons. The van der Waals surface area contributed by atoms with E-state index < -0.39 is 4.92 Å². The van der Waals surface area contributed by atoms with Gasteiger partial charge in [0.25, 0.3) is 5.69 Å². The van der Waals surface area contributed by atoms with E-state index in [0.717, 1.165) is 19.3 Å². The zero-order valence-electron chi connectivity index (χ0n) is 15.3. The number of carbonyl (C=O) groups is 1. The number of fused-ring (bicyclic) bond motifs is 1. The number of nitrogens with one attached hydrogen (secondary N) is 1. The average Bonchev–Trinajstić information content (AvgIpc) is 2.74. The third kappa shape index (κ3) is 3.51. The Hall–Kier alpha value is -3.47. The lowest BCUT2D eigenvalue weighted by atomic mass is 9.87. The van der Waals surface area contributed by atoms with E-state index in [-0.39, 0.29) is 17.5 Å². The number of aryl methyl sites for hydroxylation is 1. The fourth-order valence-electron chi connectivity index (χ4n) is 3.79. The van der Waals surface area contributed by atoms with Crippen LogP contribution in [0.4, 0.5) is 11.4 Å². The number of nitro benzene ring substituents is 1. The largest absolute Gasteiger partial charge is 0.373 e. The quantitative estimate of drug-likeness (QED) is 0.374. The number of hydrogen-bond donors (Lipinski definition) is 1. The van der Waals surface area contributed by atoms with Gasteiger partial charge in [-0.05, 0) is 42.5 Å². The minimum absolute atomic E-state index is 0.0272. The van der Waals surface area contributed by atoms with Crippen molar-refractivity contribution in [3.63, 3.8) is 0 Å². The Morgan fingerprint density at radius 2 is 1.71 bits per heavy atom. The Bertz CT molecular complexity index is 1030. The normalized spacial score (nSPS) is 15.5. The van der Waals surface area contributed by atoms with Crippen LogP contribution in [0, 0.1) is 10.1 Å². The van der Waals surface area contributed by atoms with Crippen molar-refractivity contribution in [2.45, 2.75) is 25.3 Å². The predicted molar refractivity (Wildman–Crippen MR) is 109 cm³/mol. The van der Waals surface area contributed by atoms with E-state index in [1.807, 2.05) is 18.2 Å². The van der Waals surface area contributed by atoms with Crippen molar-refractivity contribution >= 4 is 17.2 Å². The SMILES string of the molecule is O=C(c1ccccc1)c1ccc(NC2CCCc3ccccc32)c([N+](=O)[O-])c1. The Kier molecular flexibility index (Phi) is 4.89. The highest BCUT2D eigenvalue weighted by atomic mass is 16.6. The second-order valence-electron chi connectivity index (χ2n) is 6.97. The third-order valence-electron chi connectivity index (χ3n) is 5.19. The van der Waals surface area contributed by atoms with Crippen molar-refractivity contribution in [2.24, 2.45) is 0 Å². The van der Waals surface area contributed by atoms with Gasteiger partial charge < -0.3 is 5.32 Å². The molecule has 1 atom stereocenters. The van der Waals surface area contributed by atoms with Gasteiger partial charge in [-0.3, -0.25) is 14.9 Å². The fourth-order valence-corrected chi connectivity index (χ4v) is 3.79. The summed E-state index contributed by atoms with van der Waals surface area (Å²) in [5.41, 5.74) is 3.66. The number of nitro groups is 1. The molecule has 0 heterocycles. The van der Waals surface area contributed by atoms with Gasteiger partial charge in [0.1, 0.15) is 5.69 Å². The maximum Gasteiger partial charge on any atom is 0.293 e. The van der Waals surface area contributed by atoms with Gasteiger partial charge in [-0.15, -0.1) is 0 Å². The fraction of sp³-hybridized carbons (Fsp3) is 0.174. The molecule has 3 aromatic rings. The molecule has 0 amide bonds. The van der Waals surface area contributed by atoms with Crippen LogP contribution in [0.5, 0.6) is 0 Å². The number of ketones is 1. The summed E-state index contributed by atoms with van der Waals surface area (Å²) in [4.78, 5) is 23.9. The highest BCUT2D eigenvalue weighted by molar-refractivity contribution is 6.09. The Labute approximate surface area is 163 Å². The van der Waals surface area contributed by atoms with Crippen LogP contribution in [0.3, 0.4) is 0 Å². The van der Waals surface area contributed by atoms with Crippen LogP contribution in [0.15, 0.2) is 72.8 Å². The van der Waals surface area contributed by atoms with Crippen LogP contribution >= 0.6 is 0 Å². The Balaban J connectivity index is 1.65. The van der Waals surface area contributed by atoms with E-state index in [2.05, 4.69) is 17.4 Å². The summed E-state index contributed by atoms with van der Waals surface area (Å²) in [6.45, 7) is 0. The van der Waals surface area contributed by atoms with Gasteiger partial charge in [-0.1, -0.05) is 54.6 Å². The Morgan fingerprint density at radius 1 is 0.964 bits per heavy atom. The lowest BCUT2D eigenvalue weighted by molar-refractivity contribution is -0.384. The number of hydrogen-bond acceptors (Lipinski definition) is 4. The average molecular weight is 372 g/mol. The molecule has 0 saturated carbocycles. The Morgan fingerprint density at radius 3 is 2.50 bits per heavy atom. The molecule has 0 aromatic heterocycles. The van der Waals surface area contributed by atoms with E-state index >= 15 is 0 Å². The number of anilines is 1. The van der Waals surface area contributed by atoms with E-state index in [0.29, 0.717) is 16.8 Å². The van der Waals surface area contributed by atoms with E-state index in [9.17, 15) is 14.9 Å². The highest BCUT2D eigenvalue weighted by Crippen LogP contribution is 2.35. The van der Waals surface area contributed by atoms with Crippen molar-refractivity contribution < 1.29 is 9.72 Å². The second kappa shape index (κ2) is 7.64. The first kappa shape index (κ1) is 17.9.